The molecule has 0 N–H and O–H groups in total. The molecule has 1 saturated carbocycles. The zero-order chi connectivity index (χ0) is 10.6. The quantitative estimate of drug-likeness (QED) is 0.673. The fourth-order valence-electron chi connectivity index (χ4n) is 2.41. The number of thioether (sulfide) groups is 1. The van der Waals surface area contributed by atoms with Crippen molar-refractivity contribution in [3.8, 4) is 0 Å². The van der Waals surface area contributed by atoms with Crippen LogP contribution in [0.4, 0.5) is 0 Å². The van der Waals surface area contributed by atoms with Crippen LogP contribution in [0.3, 0.4) is 0 Å². The van der Waals surface area contributed by atoms with Crippen molar-refractivity contribution in [2.45, 2.75) is 45.4 Å². The van der Waals surface area contributed by atoms with Gasteiger partial charge in [-0.1, -0.05) is 6.92 Å². The zero-order valence-corrected chi connectivity index (χ0v) is 10.6. The summed E-state index contributed by atoms with van der Waals surface area (Å²) in [7, 11) is 0. The van der Waals surface area contributed by atoms with Crippen molar-refractivity contribution in [3.05, 3.63) is 11.8 Å². The standard InChI is InChI=1S/C13H22OS/c1-13(7-4-8-15-11-13)10-14-9-12-5-2-3-6-12/h9H,2-8,10-11H2,1H3. The zero-order valence-electron chi connectivity index (χ0n) is 9.76. The Hall–Kier alpha value is -0.110. The maximum Gasteiger partial charge on any atom is 0.0934 e. The molecular weight excluding hydrogens is 204 g/mol. The van der Waals surface area contributed by atoms with Gasteiger partial charge >= 0.3 is 0 Å². The molecule has 0 aromatic rings. The fourth-order valence-corrected chi connectivity index (χ4v) is 3.63. The first-order valence-corrected chi connectivity index (χ1v) is 7.31. The van der Waals surface area contributed by atoms with Crippen molar-refractivity contribution < 1.29 is 4.74 Å². The van der Waals surface area contributed by atoms with Crippen LogP contribution in [0.2, 0.25) is 0 Å². The molecule has 0 amide bonds. The van der Waals surface area contributed by atoms with E-state index in [4.69, 9.17) is 4.74 Å². The Bertz CT molecular complexity index is 221. The highest BCUT2D eigenvalue weighted by Gasteiger charge is 2.27. The summed E-state index contributed by atoms with van der Waals surface area (Å²) in [5.41, 5.74) is 1.96. The minimum absolute atomic E-state index is 0.429. The average molecular weight is 226 g/mol. The molecule has 2 heteroatoms. The summed E-state index contributed by atoms with van der Waals surface area (Å²) in [4.78, 5) is 0. The highest BCUT2D eigenvalue weighted by Crippen LogP contribution is 2.34. The van der Waals surface area contributed by atoms with E-state index in [1.807, 2.05) is 0 Å². The van der Waals surface area contributed by atoms with Crippen LogP contribution in [0, 0.1) is 5.41 Å². The van der Waals surface area contributed by atoms with E-state index in [1.54, 1.807) is 0 Å². The maximum absolute atomic E-state index is 5.78. The van der Waals surface area contributed by atoms with Gasteiger partial charge in [0.15, 0.2) is 0 Å². The first-order chi connectivity index (χ1) is 7.29. The molecule has 2 aliphatic rings. The lowest BCUT2D eigenvalue weighted by molar-refractivity contribution is 0.128. The van der Waals surface area contributed by atoms with Crippen molar-refractivity contribution in [2.75, 3.05) is 18.1 Å². The summed E-state index contributed by atoms with van der Waals surface area (Å²) in [6.07, 6.45) is 10.0. The van der Waals surface area contributed by atoms with E-state index in [1.165, 1.54) is 55.6 Å². The average Bonchev–Trinajstić information content (AvgIpc) is 2.71. The lowest BCUT2D eigenvalue weighted by Gasteiger charge is -2.32. The Kier molecular flexibility index (Phi) is 4.01. The number of rotatable bonds is 3. The van der Waals surface area contributed by atoms with E-state index >= 15 is 0 Å². The molecule has 0 aromatic carbocycles. The summed E-state index contributed by atoms with van der Waals surface area (Å²) in [6, 6.07) is 0. The van der Waals surface area contributed by atoms with Crippen molar-refractivity contribution in [2.24, 2.45) is 5.41 Å². The van der Waals surface area contributed by atoms with Gasteiger partial charge in [-0.05, 0) is 49.9 Å². The Morgan fingerprint density at radius 2 is 2.13 bits per heavy atom. The molecule has 1 saturated heterocycles. The van der Waals surface area contributed by atoms with Crippen molar-refractivity contribution in [1.29, 1.82) is 0 Å². The van der Waals surface area contributed by atoms with Gasteiger partial charge in [0.1, 0.15) is 0 Å². The van der Waals surface area contributed by atoms with Crippen LogP contribution in [-0.2, 0) is 4.74 Å². The molecule has 0 spiro atoms. The highest BCUT2D eigenvalue weighted by molar-refractivity contribution is 7.99. The van der Waals surface area contributed by atoms with Crippen LogP contribution in [0.1, 0.15) is 45.4 Å². The van der Waals surface area contributed by atoms with Gasteiger partial charge < -0.3 is 4.74 Å². The van der Waals surface area contributed by atoms with Gasteiger partial charge in [0.2, 0.25) is 0 Å². The largest absolute Gasteiger partial charge is 0.501 e. The van der Waals surface area contributed by atoms with Crippen LogP contribution >= 0.6 is 11.8 Å². The molecule has 0 aromatic heterocycles. The van der Waals surface area contributed by atoms with Crippen molar-refractivity contribution in [3.63, 3.8) is 0 Å². The fraction of sp³-hybridized carbons (Fsp3) is 0.846. The van der Waals surface area contributed by atoms with Crippen LogP contribution in [0.25, 0.3) is 0 Å². The smallest absolute Gasteiger partial charge is 0.0934 e. The van der Waals surface area contributed by atoms with Crippen molar-refractivity contribution in [1.82, 2.24) is 0 Å². The first-order valence-electron chi connectivity index (χ1n) is 6.16. The van der Waals surface area contributed by atoms with Gasteiger partial charge in [-0.25, -0.2) is 0 Å². The third-order valence-corrected chi connectivity index (χ3v) is 4.93. The Balaban J connectivity index is 1.74. The Labute approximate surface area is 97.7 Å². The van der Waals surface area contributed by atoms with Gasteiger partial charge in [0.25, 0.3) is 0 Å². The predicted molar refractivity (Wildman–Crippen MR) is 67.2 cm³/mol. The molecular formula is C13H22OS. The lowest BCUT2D eigenvalue weighted by Crippen LogP contribution is -2.28. The molecule has 1 atom stereocenters. The first kappa shape index (κ1) is 11.4. The lowest BCUT2D eigenvalue weighted by atomic mass is 9.88. The molecule has 86 valence electrons. The molecule has 1 aliphatic heterocycles. The Morgan fingerprint density at radius 3 is 2.80 bits per heavy atom. The van der Waals surface area contributed by atoms with Gasteiger partial charge in [-0.15, -0.1) is 0 Å². The predicted octanol–water partition coefficient (Wildman–Crippen LogP) is 3.99. The summed E-state index contributed by atoms with van der Waals surface area (Å²) < 4.78 is 5.78. The minimum Gasteiger partial charge on any atom is -0.501 e. The van der Waals surface area contributed by atoms with E-state index in [-0.39, 0.29) is 0 Å². The van der Waals surface area contributed by atoms with Crippen LogP contribution < -0.4 is 0 Å². The van der Waals surface area contributed by atoms with Gasteiger partial charge in [0, 0.05) is 11.2 Å². The molecule has 0 bridgehead atoms. The normalized spacial score (nSPS) is 31.7. The van der Waals surface area contributed by atoms with Gasteiger partial charge in [0.05, 0.1) is 12.9 Å². The third-order valence-electron chi connectivity index (χ3n) is 3.45. The highest BCUT2D eigenvalue weighted by atomic mass is 32.2. The summed E-state index contributed by atoms with van der Waals surface area (Å²) >= 11 is 2.08. The second kappa shape index (κ2) is 5.29. The number of hydrogen-bond donors (Lipinski definition) is 0. The third kappa shape index (κ3) is 3.44. The minimum atomic E-state index is 0.429. The van der Waals surface area contributed by atoms with Crippen LogP contribution in [-0.4, -0.2) is 18.1 Å². The molecule has 2 rings (SSSR count). The molecule has 1 unspecified atom stereocenters. The number of hydrogen-bond acceptors (Lipinski definition) is 2. The maximum atomic E-state index is 5.78. The number of ether oxygens (including phenoxy) is 1. The van der Waals surface area contributed by atoms with Crippen molar-refractivity contribution >= 4 is 11.8 Å². The molecule has 15 heavy (non-hydrogen) atoms. The van der Waals surface area contributed by atoms with E-state index in [0.717, 1.165) is 6.61 Å². The summed E-state index contributed by atoms with van der Waals surface area (Å²) in [5, 5.41) is 0. The van der Waals surface area contributed by atoms with E-state index in [2.05, 4.69) is 24.9 Å². The van der Waals surface area contributed by atoms with Gasteiger partial charge in [-0.2, -0.15) is 11.8 Å². The van der Waals surface area contributed by atoms with E-state index in [9.17, 15) is 0 Å². The second-order valence-electron chi connectivity index (χ2n) is 5.26. The number of allylic oxidation sites excluding steroid dienone is 1. The molecule has 1 aliphatic carbocycles. The summed E-state index contributed by atoms with van der Waals surface area (Å²) in [6.45, 7) is 3.29. The van der Waals surface area contributed by atoms with E-state index in [0.29, 0.717) is 5.41 Å². The molecule has 2 fully saturated rings. The van der Waals surface area contributed by atoms with Crippen LogP contribution in [0.5, 0.6) is 0 Å². The molecule has 0 radical (unpaired) electrons. The topological polar surface area (TPSA) is 9.23 Å². The molecule has 1 heterocycles. The monoisotopic (exact) mass is 226 g/mol. The Morgan fingerprint density at radius 1 is 1.33 bits per heavy atom. The van der Waals surface area contributed by atoms with Crippen LogP contribution in [0.15, 0.2) is 11.8 Å². The second-order valence-corrected chi connectivity index (χ2v) is 6.37. The van der Waals surface area contributed by atoms with E-state index < -0.39 is 0 Å². The molecule has 1 nitrogen and oxygen atoms in total. The van der Waals surface area contributed by atoms with Gasteiger partial charge in [-0.3, -0.25) is 0 Å². The summed E-state index contributed by atoms with van der Waals surface area (Å²) in [5.74, 6) is 2.62. The SMILES string of the molecule is CC1(COC=C2CCCC2)CCCSC1.